The van der Waals surface area contributed by atoms with Crippen LogP contribution in [0.2, 0.25) is 0 Å². The fourth-order valence-electron chi connectivity index (χ4n) is 3.78. The third-order valence-corrected chi connectivity index (χ3v) is 5.72. The molecule has 2 saturated heterocycles. The van der Waals surface area contributed by atoms with Gasteiger partial charge in [-0.25, -0.2) is 4.79 Å². The summed E-state index contributed by atoms with van der Waals surface area (Å²) in [4.78, 5) is 19.0. The van der Waals surface area contributed by atoms with Crippen molar-refractivity contribution in [3.63, 3.8) is 0 Å². The number of anilines is 1. The number of benzene rings is 2. The average molecular weight is 395 g/mol. The zero-order valence-corrected chi connectivity index (χ0v) is 17.1. The smallest absolute Gasteiger partial charge is 0.321 e. The number of carbonyl (C=O) groups excluding carboxylic acids is 1. The molecule has 0 bridgehead atoms. The van der Waals surface area contributed by atoms with Crippen molar-refractivity contribution < 1.29 is 9.53 Å². The third kappa shape index (κ3) is 5.35. The lowest BCUT2D eigenvalue weighted by atomic mass is 10.0. The number of morpholine rings is 1. The first-order valence-electron chi connectivity index (χ1n) is 10.4. The first-order valence-corrected chi connectivity index (χ1v) is 10.4. The van der Waals surface area contributed by atoms with Gasteiger partial charge >= 0.3 is 6.03 Å². The molecule has 2 aromatic carbocycles. The van der Waals surface area contributed by atoms with Crippen LogP contribution in [0, 0.1) is 0 Å². The molecule has 0 atom stereocenters. The van der Waals surface area contributed by atoms with Crippen molar-refractivity contribution in [3.05, 3.63) is 54.1 Å². The Morgan fingerprint density at radius 3 is 2.07 bits per heavy atom. The van der Waals surface area contributed by atoms with Crippen LogP contribution in [0.3, 0.4) is 0 Å². The Hall–Kier alpha value is -2.41. The van der Waals surface area contributed by atoms with Gasteiger partial charge in [0.25, 0.3) is 0 Å². The molecule has 2 aromatic rings. The maximum Gasteiger partial charge on any atom is 0.321 e. The third-order valence-electron chi connectivity index (χ3n) is 5.72. The van der Waals surface area contributed by atoms with Crippen molar-refractivity contribution in [1.29, 1.82) is 0 Å². The van der Waals surface area contributed by atoms with E-state index in [1.807, 2.05) is 12.1 Å². The number of piperazine rings is 1. The number of urea groups is 1. The van der Waals surface area contributed by atoms with E-state index in [0.29, 0.717) is 26.3 Å². The largest absolute Gasteiger partial charge is 0.378 e. The number of ether oxygens (including phenoxy) is 1. The Morgan fingerprint density at radius 2 is 1.45 bits per heavy atom. The highest BCUT2D eigenvalue weighted by Crippen LogP contribution is 2.23. The summed E-state index contributed by atoms with van der Waals surface area (Å²) in [5, 5.41) is 2.97. The standard InChI is InChI=1S/C23H30N4O2/c1-25-10-12-26(13-11-25)18-19-2-4-20(5-3-19)21-6-8-22(9-7-21)24-23(28)27-14-16-29-17-15-27/h2-9H,10-18H2,1H3,(H,24,28). The van der Waals surface area contributed by atoms with Crippen LogP contribution in [0.25, 0.3) is 11.1 Å². The van der Waals surface area contributed by atoms with E-state index in [2.05, 4.69) is 58.6 Å². The summed E-state index contributed by atoms with van der Waals surface area (Å²) in [6.07, 6.45) is 0. The van der Waals surface area contributed by atoms with Crippen LogP contribution < -0.4 is 5.32 Å². The molecule has 29 heavy (non-hydrogen) atoms. The molecule has 6 nitrogen and oxygen atoms in total. The summed E-state index contributed by atoms with van der Waals surface area (Å²) < 4.78 is 5.29. The Kier molecular flexibility index (Phi) is 6.44. The molecule has 2 fully saturated rings. The van der Waals surface area contributed by atoms with Gasteiger partial charge in [-0.15, -0.1) is 0 Å². The molecule has 2 aliphatic heterocycles. The molecule has 4 rings (SSSR count). The molecule has 1 N–H and O–H groups in total. The summed E-state index contributed by atoms with van der Waals surface area (Å²) in [6.45, 7) is 8.08. The Bertz CT molecular complexity index is 793. The molecule has 2 amide bonds. The molecule has 0 aliphatic carbocycles. The van der Waals surface area contributed by atoms with Crippen LogP contribution in [-0.4, -0.2) is 80.3 Å². The van der Waals surface area contributed by atoms with E-state index in [0.717, 1.165) is 44.0 Å². The van der Waals surface area contributed by atoms with Crippen molar-refractivity contribution in [3.8, 4) is 11.1 Å². The lowest BCUT2D eigenvalue weighted by Gasteiger charge is -2.32. The summed E-state index contributed by atoms with van der Waals surface area (Å²) in [6, 6.07) is 16.8. The summed E-state index contributed by atoms with van der Waals surface area (Å²) in [5.41, 5.74) is 4.52. The summed E-state index contributed by atoms with van der Waals surface area (Å²) in [7, 11) is 2.19. The van der Waals surface area contributed by atoms with Gasteiger partial charge in [0, 0.05) is 51.5 Å². The first kappa shape index (κ1) is 19.9. The van der Waals surface area contributed by atoms with Crippen LogP contribution in [0.5, 0.6) is 0 Å². The van der Waals surface area contributed by atoms with E-state index in [4.69, 9.17) is 4.74 Å². The minimum Gasteiger partial charge on any atom is -0.378 e. The van der Waals surface area contributed by atoms with Crippen molar-refractivity contribution in [2.45, 2.75) is 6.54 Å². The summed E-state index contributed by atoms with van der Waals surface area (Å²) in [5.74, 6) is 0. The van der Waals surface area contributed by atoms with Gasteiger partial charge in [0.05, 0.1) is 13.2 Å². The van der Waals surface area contributed by atoms with Crippen molar-refractivity contribution >= 4 is 11.7 Å². The minimum absolute atomic E-state index is 0.0608. The molecule has 0 spiro atoms. The number of amides is 2. The van der Waals surface area contributed by atoms with Gasteiger partial charge in [0.15, 0.2) is 0 Å². The molecule has 0 unspecified atom stereocenters. The van der Waals surface area contributed by atoms with E-state index >= 15 is 0 Å². The fourth-order valence-corrected chi connectivity index (χ4v) is 3.78. The first-order chi connectivity index (χ1) is 14.2. The fraction of sp³-hybridized carbons (Fsp3) is 0.435. The minimum atomic E-state index is -0.0608. The maximum atomic E-state index is 12.3. The number of nitrogens with zero attached hydrogens (tertiary/aromatic N) is 3. The number of hydrogen-bond donors (Lipinski definition) is 1. The van der Waals surface area contributed by atoms with Gasteiger partial charge < -0.3 is 19.9 Å². The van der Waals surface area contributed by atoms with Crippen LogP contribution in [0.4, 0.5) is 10.5 Å². The number of rotatable bonds is 4. The van der Waals surface area contributed by atoms with E-state index in [-0.39, 0.29) is 6.03 Å². The molecule has 2 aliphatic rings. The van der Waals surface area contributed by atoms with Gasteiger partial charge in [-0.05, 0) is 35.9 Å². The predicted octanol–water partition coefficient (Wildman–Crippen LogP) is 2.97. The van der Waals surface area contributed by atoms with Gasteiger partial charge in [0.2, 0.25) is 0 Å². The van der Waals surface area contributed by atoms with Crippen molar-refractivity contribution in [2.24, 2.45) is 0 Å². The molecule has 0 saturated carbocycles. The second-order valence-electron chi connectivity index (χ2n) is 7.88. The highest BCUT2D eigenvalue weighted by molar-refractivity contribution is 5.89. The monoisotopic (exact) mass is 394 g/mol. The number of carbonyl (C=O) groups is 1. The normalized spacial score (nSPS) is 18.6. The Balaban J connectivity index is 1.33. The second kappa shape index (κ2) is 9.39. The van der Waals surface area contributed by atoms with Crippen molar-refractivity contribution in [2.75, 3.05) is 64.8 Å². The molecule has 154 valence electrons. The van der Waals surface area contributed by atoms with Crippen LogP contribution in [-0.2, 0) is 11.3 Å². The molecule has 0 aromatic heterocycles. The van der Waals surface area contributed by atoms with Crippen LogP contribution in [0.15, 0.2) is 48.5 Å². The lowest BCUT2D eigenvalue weighted by molar-refractivity contribution is 0.0564. The Labute approximate surface area is 173 Å². The molecule has 6 heteroatoms. The highest BCUT2D eigenvalue weighted by Gasteiger charge is 2.17. The zero-order valence-electron chi connectivity index (χ0n) is 17.1. The lowest BCUT2D eigenvalue weighted by Crippen LogP contribution is -2.43. The zero-order chi connectivity index (χ0) is 20.1. The van der Waals surface area contributed by atoms with Gasteiger partial charge in [0.1, 0.15) is 0 Å². The predicted molar refractivity (Wildman–Crippen MR) is 116 cm³/mol. The maximum absolute atomic E-state index is 12.3. The van der Waals surface area contributed by atoms with Crippen molar-refractivity contribution in [1.82, 2.24) is 14.7 Å². The number of hydrogen-bond acceptors (Lipinski definition) is 4. The van der Waals surface area contributed by atoms with Crippen LogP contribution >= 0.6 is 0 Å². The molecular weight excluding hydrogens is 364 g/mol. The van der Waals surface area contributed by atoms with Gasteiger partial charge in [-0.2, -0.15) is 0 Å². The highest BCUT2D eigenvalue weighted by atomic mass is 16.5. The van der Waals surface area contributed by atoms with E-state index in [1.165, 1.54) is 11.1 Å². The number of nitrogens with one attached hydrogen (secondary N) is 1. The Morgan fingerprint density at radius 1 is 0.862 bits per heavy atom. The van der Waals surface area contributed by atoms with E-state index in [9.17, 15) is 4.79 Å². The quantitative estimate of drug-likeness (QED) is 0.866. The van der Waals surface area contributed by atoms with Crippen LogP contribution in [0.1, 0.15) is 5.56 Å². The number of likely N-dealkylation sites (N-methyl/N-ethyl adjacent to an activating group) is 1. The van der Waals surface area contributed by atoms with Gasteiger partial charge in [-0.3, -0.25) is 4.90 Å². The summed E-state index contributed by atoms with van der Waals surface area (Å²) >= 11 is 0. The molecular formula is C23H30N4O2. The second-order valence-corrected chi connectivity index (χ2v) is 7.88. The molecule has 2 heterocycles. The SMILES string of the molecule is CN1CCN(Cc2ccc(-c3ccc(NC(=O)N4CCOCC4)cc3)cc2)CC1. The average Bonchev–Trinajstić information content (AvgIpc) is 2.77. The van der Waals surface area contributed by atoms with E-state index < -0.39 is 0 Å². The van der Waals surface area contributed by atoms with Gasteiger partial charge in [-0.1, -0.05) is 36.4 Å². The molecule has 0 radical (unpaired) electrons. The van der Waals surface area contributed by atoms with E-state index in [1.54, 1.807) is 4.90 Å². The topological polar surface area (TPSA) is 48.0 Å².